The molecule has 0 fully saturated rings. The lowest BCUT2D eigenvalue weighted by Gasteiger charge is -2.38. The minimum Gasteiger partial charge on any atom is -0.260 e. The smallest absolute Gasteiger partial charge is 0.260 e. The Hall–Kier alpha value is -1.13. The number of benzene rings is 1. The van der Waals surface area contributed by atoms with Crippen molar-refractivity contribution in [2.75, 3.05) is 0 Å². The van der Waals surface area contributed by atoms with Gasteiger partial charge in [0, 0.05) is 0 Å². The first kappa shape index (κ1) is 19.9. The average Bonchev–Trinajstić information content (AvgIpc) is 2.53. The summed E-state index contributed by atoms with van der Waals surface area (Å²) < 4.78 is 30.9. The van der Waals surface area contributed by atoms with Crippen molar-refractivity contribution in [1.29, 1.82) is 0 Å². The van der Waals surface area contributed by atoms with E-state index in [0.29, 0.717) is 12.8 Å². The Morgan fingerprint density at radius 3 is 2.00 bits per heavy atom. The third-order valence-electron chi connectivity index (χ3n) is 4.94. The van der Waals surface area contributed by atoms with Gasteiger partial charge in [0.1, 0.15) is 0 Å². The number of hydrogen-bond acceptors (Lipinski definition) is 3. The van der Waals surface area contributed by atoms with Gasteiger partial charge in [-0.2, -0.15) is 8.42 Å². The van der Waals surface area contributed by atoms with Crippen LogP contribution in [0.2, 0.25) is 0 Å². The SMILES string of the molecule is C=CC(CC)(CC)CC(C)(CC)OS(=O)(=O)c1ccc(C)cc1. The van der Waals surface area contributed by atoms with Gasteiger partial charge < -0.3 is 0 Å². The molecule has 3 nitrogen and oxygen atoms in total. The fourth-order valence-electron chi connectivity index (χ4n) is 2.84. The lowest BCUT2D eigenvalue weighted by atomic mass is 9.73. The third kappa shape index (κ3) is 4.92. The van der Waals surface area contributed by atoms with E-state index in [1.165, 1.54) is 0 Å². The van der Waals surface area contributed by atoms with Crippen LogP contribution < -0.4 is 0 Å². The average molecular weight is 339 g/mol. The molecule has 1 aromatic carbocycles. The van der Waals surface area contributed by atoms with Crippen LogP contribution in [0.3, 0.4) is 0 Å². The maximum absolute atomic E-state index is 12.6. The highest BCUT2D eigenvalue weighted by Gasteiger charge is 2.38. The van der Waals surface area contributed by atoms with E-state index < -0.39 is 15.7 Å². The molecule has 0 aromatic heterocycles. The van der Waals surface area contributed by atoms with E-state index in [1.54, 1.807) is 24.3 Å². The maximum Gasteiger partial charge on any atom is 0.297 e. The van der Waals surface area contributed by atoms with Crippen LogP contribution in [-0.4, -0.2) is 14.0 Å². The van der Waals surface area contributed by atoms with E-state index in [1.807, 2.05) is 26.8 Å². The standard InChI is InChI=1S/C19H30O3S/c1-7-18(6,15-19(8-2,9-3)10-4)22-23(20,21)17-13-11-16(5)12-14-17/h8,11-14H,2,7,9-10,15H2,1,3-6H3. The minimum absolute atomic E-state index is 0.104. The molecule has 130 valence electrons. The zero-order chi connectivity index (χ0) is 17.7. The zero-order valence-corrected chi connectivity index (χ0v) is 15.9. The molecule has 0 radical (unpaired) electrons. The first-order chi connectivity index (χ1) is 10.7. The fourth-order valence-corrected chi connectivity index (χ4v) is 4.11. The zero-order valence-electron chi connectivity index (χ0n) is 15.1. The lowest BCUT2D eigenvalue weighted by Crippen LogP contribution is -2.37. The van der Waals surface area contributed by atoms with Crippen LogP contribution in [0.5, 0.6) is 0 Å². The second kappa shape index (κ2) is 7.63. The van der Waals surface area contributed by atoms with Gasteiger partial charge in [0.05, 0.1) is 10.5 Å². The maximum atomic E-state index is 12.6. The van der Waals surface area contributed by atoms with Crippen LogP contribution in [0, 0.1) is 12.3 Å². The van der Waals surface area contributed by atoms with E-state index >= 15 is 0 Å². The highest BCUT2D eigenvalue weighted by Crippen LogP contribution is 2.40. The summed E-state index contributed by atoms with van der Waals surface area (Å²) in [6, 6.07) is 6.76. The summed E-state index contributed by atoms with van der Waals surface area (Å²) in [6.45, 7) is 13.9. The molecular formula is C19H30O3S. The molecule has 0 aliphatic rings. The first-order valence-corrected chi connectivity index (χ1v) is 9.72. The number of aryl methyl sites for hydroxylation is 1. The van der Waals surface area contributed by atoms with Gasteiger partial charge in [-0.05, 0) is 57.1 Å². The Morgan fingerprint density at radius 1 is 1.09 bits per heavy atom. The van der Waals surface area contributed by atoms with Crippen molar-refractivity contribution in [3.05, 3.63) is 42.5 Å². The van der Waals surface area contributed by atoms with Gasteiger partial charge in [-0.15, -0.1) is 6.58 Å². The second-order valence-electron chi connectivity index (χ2n) is 6.60. The molecule has 0 N–H and O–H groups in total. The van der Waals surface area contributed by atoms with Crippen molar-refractivity contribution in [2.45, 2.75) is 70.8 Å². The molecule has 0 aliphatic carbocycles. The Morgan fingerprint density at radius 2 is 1.61 bits per heavy atom. The fraction of sp³-hybridized carbons (Fsp3) is 0.579. The minimum atomic E-state index is -3.78. The Bertz CT molecular complexity index is 613. The molecule has 0 spiro atoms. The van der Waals surface area contributed by atoms with Crippen molar-refractivity contribution in [2.24, 2.45) is 5.41 Å². The second-order valence-corrected chi connectivity index (χ2v) is 8.15. The van der Waals surface area contributed by atoms with E-state index in [4.69, 9.17) is 4.18 Å². The van der Waals surface area contributed by atoms with Gasteiger partial charge in [0.2, 0.25) is 0 Å². The summed E-state index contributed by atoms with van der Waals surface area (Å²) in [6.07, 6.45) is 5.03. The predicted molar refractivity (Wildman–Crippen MR) is 96.0 cm³/mol. The Balaban J connectivity index is 3.09. The van der Waals surface area contributed by atoms with E-state index in [-0.39, 0.29) is 10.3 Å². The third-order valence-corrected chi connectivity index (χ3v) is 6.41. The topological polar surface area (TPSA) is 43.4 Å². The summed E-state index contributed by atoms with van der Waals surface area (Å²) in [4.78, 5) is 0.208. The molecule has 0 amide bonds. The van der Waals surface area contributed by atoms with Crippen LogP contribution in [0.25, 0.3) is 0 Å². The number of allylic oxidation sites excluding steroid dienone is 1. The predicted octanol–water partition coefficient (Wildman–Crippen LogP) is 5.25. The molecule has 0 aliphatic heterocycles. The highest BCUT2D eigenvalue weighted by molar-refractivity contribution is 7.86. The van der Waals surface area contributed by atoms with E-state index in [9.17, 15) is 8.42 Å². The van der Waals surface area contributed by atoms with Gasteiger partial charge in [-0.1, -0.05) is 44.5 Å². The molecule has 1 unspecified atom stereocenters. The van der Waals surface area contributed by atoms with Crippen molar-refractivity contribution in [1.82, 2.24) is 0 Å². The largest absolute Gasteiger partial charge is 0.297 e. The van der Waals surface area contributed by atoms with Crippen LogP contribution in [0.15, 0.2) is 41.8 Å². The number of rotatable bonds is 9. The quantitative estimate of drug-likeness (QED) is 0.456. The summed E-state index contributed by atoms with van der Waals surface area (Å²) >= 11 is 0. The monoisotopic (exact) mass is 338 g/mol. The van der Waals surface area contributed by atoms with Crippen molar-refractivity contribution >= 4 is 10.1 Å². The van der Waals surface area contributed by atoms with Crippen LogP contribution in [0.1, 0.15) is 58.9 Å². The normalized spacial score (nSPS) is 15.2. The van der Waals surface area contributed by atoms with Crippen molar-refractivity contribution < 1.29 is 12.6 Å². The summed E-state index contributed by atoms with van der Waals surface area (Å²) in [5.74, 6) is 0. The van der Waals surface area contributed by atoms with Crippen LogP contribution in [-0.2, 0) is 14.3 Å². The highest BCUT2D eigenvalue weighted by atomic mass is 32.2. The molecule has 1 rings (SSSR count). The molecule has 0 bridgehead atoms. The number of hydrogen-bond donors (Lipinski definition) is 0. The molecular weight excluding hydrogens is 308 g/mol. The van der Waals surface area contributed by atoms with Crippen molar-refractivity contribution in [3.63, 3.8) is 0 Å². The molecule has 1 atom stereocenters. The summed E-state index contributed by atoms with van der Waals surface area (Å²) in [5, 5.41) is 0. The van der Waals surface area contributed by atoms with Gasteiger partial charge in [0.25, 0.3) is 10.1 Å². The van der Waals surface area contributed by atoms with Gasteiger partial charge in [-0.25, -0.2) is 0 Å². The molecule has 4 heteroatoms. The molecule has 1 aromatic rings. The molecule has 0 saturated heterocycles. The first-order valence-electron chi connectivity index (χ1n) is 8.32. The summed E-state index contributed by atoms with van der Waals surface area (Å²) in [5.41, 5.74) is 0.169. The van der Waals surface area contributed by atoms with Gasteiger partial charge in [0.15, 0.2) is 0 Å². The van der Waals surface area contributed by atoms with E-state index in [2.05, 4.69) is 20.4 Å². The molecule has 0 heterocycles. The Kier molecular flexibility index (Phi) is 6.60. The van der Waals surface area contributed by atoms with Crippen LogP contribution >= 0.6 is 0 Å². The lowest BCUT2D eigenvalue weighted by molar-refractivity contribution is 0.0428. The van der Waals surface area contributed by atoms with E-state index in [0.717, 1.165) is 18.4 Å². The molecule has 23 heavy (non-hydrogen) atoms. The van der Waals surface area contributed by atoms with Gasteiger partial charge in [-0.3, -0.25) is 4.18 Å². The summed E-state index contributed by atoms with van der Waals surface area (Å²) in [7, 11) is -3.78. The van der Waals surface area contributed by atoms with Crippen molar-refractivity contribution in [3.8, 4) is 0 Å². The molecule has 0 saturated carbocycles. The van der Waals surface area contributed by atoms with Gasteiger partial charge >= 0.3 is 0 Å². The Labute approximate surface area is 141 Å². The van der Waals surface area contributed by atoms with Crippen LogP contribution in [0.4, 0.5) is 0 Å².